The number of carboxylic acids is 1. The number of hydrogen-bond acceptors (Lipinski definition) is 1. The first-order valence-electron chi connectivity index (χ1n) is 4.45. The van der Waals surface area contributed by atoms with Gasteiger partial charge in [-0.2, -0.15) is 13.2 Å². The van der Waals surface area contributed by atoms with Gasteiger partial charge >= 0.3 is 12.1 Å². The van der Waals surface area contributed by atoms with Crippen molar-refractivity contribution in [3.05, 3.63) is 24.3 Å². The van der Waals surface area contributed by atoms with E-state index in [4.69, 9.17) is 5.11 Å². The second kappa shape index (κ2) is 3.72. The van der Waals surface area contributed by atoms with Crippen molar-refractivity contribution in [1.82, 2.24) is 0 Å². The van der Waals surface area contributed by atoms with Gasteiger partial charge in [0.25, 0.3) is 0 Å². The van der Waals surface area contributed by atoms with Crippen LogP contribution in [0.3, 0.4) is 0 Å². The Hall–Kier alpha value is -1.26. The van der Waals surface area contributed by atoms with Crippen molar-refractivity contribution >= 4 is 5.97 Å². The number of alkyl halides is 3. The van der Waals surface area contributed by atoms with E-state index in [0.717, 1.165) is 13.0 Å². The van der Waals surface area contributed by atoms with Crippen LogP contribution in [-0.4, -0.2) is 17.3 Å². The molecule has 2 atom stereocenters. The zero-order valence-corrected chi connectivity index (χ0v) is 8.08. The first-order valence-corrected chi connectivity index (χ1v) is 4.45. The zero-order valence-electron chi connectivity index (χ0n) is 8.08. The van der Waals surface area contributed by atoms with Crippen molar-refractivity contribution in [3.8, 4) is 0 Å². The summed E-state index contributed by atoms with van der Waals surface area (Å²) in [6.07, 6.45) is 0.821. The van der Waals surface area contributed by atoms with Gasteiger partial charge in [0.2, 0.25) is 0 Å². The summed E-state index contributed by atoms with van der Waals surface area (Å²) in [5.74, 6) is -3.34. The molecule has 84 valence electrons. The maximum Gasteiger partial charge on any atom is 0.392 e. The molecule has 0 fully saturated rings. The lowest BCUT2D eigenvalue weighted by atomic mass is 9.71. The molecule has 0 aromatic rings. The lowest BCUT2D eigenvalue weighted by Crippen LogP contribution is -2.43. The van der Waals surface area contributed by atoms with Gasteiger partial charge in [-0.15, -0.1) is 0 Å². The maximum atomic E-state index is 12.5. The molecule has 0 bridgehead atoms. The van der Waals surface area contributed by atoms with E-state index in [-0.39, 0.29) is 6.42 Å². The highest BCUT2D eigenvalue weighted by atomic mass is 19.4. The third-order valence-corrected chi connectivity index (χ3v) is 2.76. The maximum absolute atomic E-state index is 12.5. The van der Waals surface area contributed by atoms with Crippen LogP contribution in [0, 0.1) is 11.3 Å². The molecule has 1 aliphatic carbocycles. The van der Waals surface area contributed by atoms with E-state index in [9.17, 15) is 18.0 Å². The van der Waals surface area contributed by atoms with Crippen molar-refractivity contribution in [2.75, 3.05) is 0 Å². The standard InChI is InChI=1S/C10H11F3O2/c1-7(10(11,12)13)9(8(14)15)5-3-2-4-6-9/h2-5,7H,6H2,1H3,(H,14,15). The Morgan fingerprint density at radius 2 is 2.07 bits per heavy atom. The van der Waals surface area contributed by atoms with Gasteiger partial charge in [0.15, 0.2) is 0 Å². The van der Waals surface area contributed by atoms with Crippen molar-refractivity contribution in [2.45, 2.75) is 19.5 Å². The van der Waals surface area contributed by atoms with Crippen LogP contribution in [0.4, 0.5) is 13.2 Å². The van der Waals surface area contributed by atoms with Crippen LogP contribution >= 0.6 is 0 Å². The third kappa shape index (κ3) is 2.06. The molecule has 0 saturated heterocycles. The molecule has 0 heterocycles. The molecule has 0 saturated carbocycles. The lowest BCUT2D eigenvalue weighted by molar-refractivity contribution is -0.203. The fourth-order valence-corrected chi connectivity index (χ4v) is 1.59. The second-order valence-electron chi connectivity index (χ2n) is 3.60. The van der Waals surface area contributed by atoms with Gasteiger partial charge < -0.3 is 5.11 Å². The SMILES string of the molecule is CC(C(F)(F)F)C1(C(=O)O)C=CC=CC1. The second-order valence-corrected chi connectivity index (χ2v) is 3.60. The summed E-state index contributed by atoms with van der Waals surface area (Å²) >= 11 is 0. The molecule has 2 unspecified atom stereocenters. The van der Waals surface area contributed by atoms with Crippen molar-refractivity contribution in [2.24, 2.45) is 11.3 Å². The first-order chi connectivity index (χ1) is 6.81. The minimum Gasteiger partial charge on any atom is -0.481 e. The molecule has 5 heteroatoms. The molecule has 2 nitrogen and oxygen atoms in total. The fraction of sp³-hybridized carbons (Fsp3) is 0.500. The number of allylic oxidation sites excluding steroid dienone is 3. The van der Waals surface area contributed by atoms with Gasteiger partial charge in [-0.05, 0) is 6.42 Å². The Bertz CT molecular complexity index is 317. The molecule has 0 radical (unpaired) electrons. The van der Waals surface area contributed by atoms with E-state index in [2.05, 4.69) is 0 Å². The van der Waals surface area contributed by atoms with Crippen LogP contribution in [-0.2, 0) is 4.79 Å². The molecule has 0 spiro atoms. The molecule has 0 aromatic heterocycles. The van der Waals surface area contributed by atoms with Crippen LogP contribution < -0.4 is 0 Å². The summed E-state index contributed by atoms with van der Waals surface area (Å²) in [6.45, 7) is 0.900. The molecule has 0 amide bonds. The predicted octanol–water partition coefficient (Wildman–Crippen LogP) is 2.77. The normalized spacial score (nSPS) is 27.7. The van der Waals surface area contributed by atoms with Crippen molar-refractivity contribution < 1.29 is 23.1 Å². The number of carbonyl (C=O) groups is 1. The van der Waals surface area contributed by atoms with Gasteiger partial charge in [0.05, 0.1) is 5.92 Å². The Morgan fingerprint density at radius 1 is 1.47 bits per heavy atom. The minimum atomic E-state index is -4.51. The highest BCUT2D eigenvalue weighted by molar-refractivity contribution is 5.78. The summed E-state index contributed by atoms with van der Waals surface area (Å²) < 4.78 is 37.6. The fourth-order valence-electron chi connectivity index (χ4n) is 1.59. The van der Waals surface area contributed by atoms with Crippen LogP contribution in [0.25, 0.3) is 0 Å². The lowest BCUT2D eigenvalue weighted by Gasteiger charge is -2.34. The number of rotatable bonds is 2. The van der Waals surface area contributed by atoms with Gasteiger partial charge in [-0.1, -0.05) is 31.2 Å². The van der Waals surface area contributed by atoms with Crippen molar-refractivity contribution in [1.29, 1.82) is 0 Å². The first kappa shape index (κ1) is 11.8. The van der Waals surface area contributed by atoms with Gasteiger partial charge in [-0.25, -0.2) is 0 Å². The zero-order chi connectivity index (χ0) is 11.7. The van der Waals surface area contributed by atoms with E-state index in [1.807, 2.05) is 0 Å². The number of halogens is 3. The van der Waals surface area contributed by atoms with E-state index in [1.54, 1.807) is 6.08 Å². The van der Waals surface area contributed by atoms with Gasteiger partial charge in [-0.3, -0.25) is 4.79 Å². The Morgan fingerprint density at radius 3 is 2.40 bits per heavy atom. The third-order valence-electron chi connectivity index (χ3n) is 2.76. The number of hydrogen-bond donors (Lipinski definition) is 1. The van der Waals surface area contributed by atoms with Gasteiger partial charge in [0.1, 0.15) is 5.41 Å². The molecule has 1 N–H and O–H groups in total. The Labute approximate surface area is 85.1 Å². The highest BCUT2D eigenvalue weighted by Crippen LogP contribution is 2.44. The number of aliphatic carboxylic acids is 1. The summed E-state index contributed by atoms with van der Waals surface area (Å²) in [6, 6.07) is 0. The molecule has 1 aliphatic rings. The highest BCUT2D eigenvalue weighted by Gasteiger charge is 2.53. The number of carboxylic acid groups (broad SMARTS) is 1. The monoisotopic (exact) mass is 220 g/mol. The summed E-state index contributed by atoms with van der Waals surface area (Å²) in [7, 11) is 0. The van der Waals surface area contributed by atoms with Gasteiger partial charge in [0, 0.05) is 0 Å². The van der Waals surface area contributed by atoms with Crippen LogP contribution in [0.1, 0.15) is 13.3 Å². The molecule has 0 aromatic carbocycles. The van der Waals surface area contributed by atoms with Crippen LogP contribution in [0.2, 0.25) is 0 Å². The molecule has 15 heavy (non-hydrogen) atoms. The average Bonchev–Trinajstić information content (AvgIpc) is 2.16. The molecular formula is C10H11F3O2. The average molecular weight is 220 g/mol. The molecule has 0 aliphatic heterocycles. The van der Waals surface area contributed by atoms with E-state index >= 15 is 0 Å². The minimum absolute atomic E-state index is 0.125. The Balaban J connectivity index is 3.08. The predicted molar refractivity (Wildman–Crippen MR) is 48.2 cm³/mol. The quantitative estimate of drug-likeness (QED) is 0.776. The van der Waals surface area contributed by atoms with Crippen molar-refractivity contribution in [3.63, 3.8) is 0 Å². The van der Waals surface area contributed by atoms with E-state index in [1.165, 1.54) is 12.2 Å². The van der Waals surface area contributed by atoms with E-state index < -0.39 is 23.5 Å². The summed E-state index contributed by atoms with van der Waals surface area (Å²) in [5, 5.41) is 8.94. The topological polar surface area (TPSA) is 37.3 Å². The smallest absolute Gasteiger partial charge is 0.392 e. The summed E-state index contributed by atoms with van der Waals surface area (Å²) in [5.41, 5.74) is -1.85. The molecular weight excluding hydrogens is 209 g/mol. The van der Waals surface area contributed by atoms with Crippen LogP contribution in [0.5, 0.6) is 0 Å². The summed E-state index contributed by atoms with van der Waals surface area (Å²) in [4.78, 5) is 11.0. The molecule has 1 rings (SSSR count). The largest absolute Gasteiger partial charge is 0.481 e. The Kier molecular flexibility index (Phi) is 2.93. The van der Waals surface area contributed by atoms with E-state index in [0.29, 0.717) is 0 Å². The van der Waals surface area contributed by atoms with Crippen LogP contribution in [0.15, 0.2) is 24.3 Å².